The van der Waals surface area contributed by atoms with Crippen molar-refractivity contribution in [2.75, 3.05) is 0 Å². The molecule has 0 N–H and O–H groups in total. The average molecular weight is 745 g/mol. The zero-order valence-corrected chi connectivity index (χ0v) is 21.6. The molecule has 0 unspecified atom stereocenters. The van der Waals surface area contributed by atoms with Crippen molar-refractivity contribution in [2.45, 2.75) is 35.5 Å². The normalized spacial score (nSPS) is 14.7. The summed E-state index contributed by atoms with van der Waals surface area (Å²) in [6.07, 6.45) is 2.37. The van der Waals surface area contributed by atoms with Crippen LogP contribution in [0, 0.1) is 10.7 Å². The van der Waals surface area contributed by atoms with Crippen molar-refractivity contribution in [3.63, 3.8) is 0 Å². The molecule has 0 atom stereocenters. The van der Waals surface area contributed by atoms with E-state index < -0.39 is 20.2 Å². The Morgan fingerprint density at radius 1 is 0.889 bits per heavy atom. The Morgan fingerprint density at radius 3 is 2.15 bits per heavy atom. The molecule has 11 heteroatoms. The van der Waals surface area contributed by atoms with Gasteiger partial charge < -0.3 is 8.74 Å². The fourth-order valence-corrected chi connectivity index (χ4v) is 8.20. The number of rotatable bonds is 4. The summed E-state index contributed by atoms with van der Waals surface area (Å²) in [5.41, 5.74) is 0.855. The zero-order valence-electron chi connectivity index (χ0n) is 13.5. The maximum Gasteiger partial charge on any atom is 0.340 e. The molecule has 0 fully saturated rings. The van der Waals surface area contributed by atoms with Crippen LogP contribution in [0.3, 0.4) is 0 Å². The van der Waals surface area contributed by atoms with Gasteiger partial charge in [-0.2, -0.15) is 8.42 Å². The minimum Gasteiger partial charge on any atom is -0.744 e. The average Bonchev–Trinajstić information content (AvgIpc) is 2.57. The van der Waals surface area contributed by atoms with Gasteiger partial charge >= 0.3 is 10.1 Å². The van der Waals surface area contributed by atoms with E-state index >= 15 is 0 Å². The van der Waals surface area contributed by atoms with Crippen LogP contribution in [0.15, 0.2) is 34.1 Å². The van der Waals surface area contributed by atoms with Crippen LogP contribution in [0.5, 0.6) is 5.75 Å². The van der Waals surface area contributed by atoms with Crippen LogP contribution in [-0.2, 0) is 33.1 Å². The van der Waals surface area contributed by atoms with Crippen LogP contribution in [0.4, 0.5) is 0 Å². The molecule has 0 amide bonds. The van der Waals surface area contributed by atoms with Gasteiger partial charge in [0.2, 0.25) is 0 Å². The standard InChI is InChI=1S/C16H13I3O6S2/c17-9-7-12(18)16(19)15(8-9)27(23,24)25-13-5-6-14(26(20,21)22)11-4-2-1-3-10(11)13/h5-8H,1-4H2,(H,20,21,22)/p-1. The highest BCUT2D eigenvalue weighted by atomic mass is 127. The van der Waals surface area contributed by atoms with E-state index in [9.17, 15) is 21.4 Å². The molecule has 2 aromatic rings. The van der Waals surface area contributed by atoms with Gasteiger partial charge in [-0.05, 0) is 123 Å². The Kier molecular flexibility index (Phi) is 6.68. The Bertz CT molecular complexity index is 1130. The summed E-state index contributed by atoms with van der Waals surface area (Å²) < 4.78 is 67.9. The molecule has 3 rings (SSSR count). The van der Waals surface area contributed by atoms with Gasteiger partial charge in [-0.25, -0.2) is 8.42 Å². The number of fused-ring (bicyclic) bond motifs is 1. The van der Waals surface area contributed by atoms with Gasteiger partial charge in [-0.15, -0.1) is 0 Å². The molecule has 0 aliphatic heterocycles. The predicted molar refractivity (Wildman–Crippen MR) is 123 cm³/mol. The van der Waals surface area contributed by atoms with Gasteiger partial charge in [-0.1, -0.05) is 0 Å². The first-order chi connectivity index (χ1) is 12.5. The minimum atomic E-state index is -4.63. The highest BCUT2D eigenvalue weighted by Crippen LogP contribution is 2.36. The monoisotopic (exact) mass is 745 g/mol. The molecule has 0 saturated heterocycles. The summed E-state index contributed by atoms with van der Waals surface area (Å²) in [5, 5.41) is 0. The van der Waals surface area contributed by atoms with Gasteiger partial charge in [0.25, 0.3) is 0 Å². The Hall–Kier alpha value is 0.290. The van der Waals surface area contributed by atoms with Crippen LogP contribution in [0.25, 0.3) is 0 Å². The first-order valence-corrected chi connectivity index (χ1v) is 13.8. The number of hydrogen-bond acceptors (Lipinski definition) is 6. The van der Waals surface area contributed by atoms with Crippen LogP contribution >= 0.6 is 67.8 Å². The van der Waals surface area contributed by atoms with Crippen LogP contribution in [0.2, 0.25) is 0 Å². The van der Waals surface area contributed by atoms with Crippen molar-refractivity contribution >= 4 is 88.0 Å². The van der Waals surface area contributed by atoms with E-state index in [0.29, 0.717) is 27.5 Å². The molecule has 6 nitrogen and oxygen atoms in total. The number of hydrogen-bond donors (Lipinski definition) is 0. The van der Waals surface area contributed by atoms with Crippen molar-refractivity contribution in [3.8, 4) is 5.75 Å². The zero-order chi connectivity index (χ0) is 20.0. The quantitative estimate of drug-likeness (QED) is 0.203. The third-order valence-electron chi connectivity index (χ3n) is 4.15. The minimum absolute atomic E-state index is 0.0597. The van der Waals surface area contributed by atoms with Gasteiger partial charge in [0.05, 0.1) is 4.90 Å². The van der Waals surface area contributed by atoms with Crippen molar-refractivity contribution in [1.82, 2.24) is 0 Å². The lowest BCUT2D eigenvalue weighted by molar-refractivity contribution is 0.459. The van der Waals surface area contributed by atoms with E-state index in [1.165, 1.54) is 12.1 Å². The molecule has 0 saturated carbocycles. The molecule has 2 aromatic carbocycles. The summed E-state index contributed by atoms with van der Waals surface area (Å²) in [7, 11) is -8.75. The molecule has 0 radical (unpaired) electrons. The summed E-state index contributed by atoms with van der Waals surface area (Å²) in [6.45, 7) is 0. The summed E-state index contributed by atoms with van der Waals surface area (Å²) in [4.78, 5) is -0.232. The SMILES string of the molecule is O=S(=O)([O-])c1ccc(OS(=O)(=O)c2cc(I)cc(I)c2I)c2c1CCCC2. The predicted octanol–water partition coefficient (Wildman–Crippen LogP) is 4.05. The summed E-state index contributed by atoms with van der Waals surface area (Å²) >= 11 is 6.06. The molecule has 0 aromatic heterocycles. The Balaban J connectivity index is 2.11. The van der Waals surface area contributed by atoms with Gasteiger partial charge in [0, 0.05) is 16.3 Å². The van der Waals surface area contributed by atoms with Crippen molar-refractivity contribution in [3.05, 3.63) is 46.1 Å². The molecule has 27 heavy (non-hydrogen) atoms. The van der Waals surface area contributed by atoms with Crippen LogP contribution in [-0.4, -0.2) is 21.4 Å². The highest BCUT2D eigenvalue weighted by molar-refractivity contribution is 14.1. The van der Waals surface area contributed by atoms with Crippen LogP contribution < -0.4 is 4.18 Å². The van der Waals surface area contributed by atoms with Gasteiger partial charge in [0.15, 0.2) is 0 Å². The smallest absolute Gasteiger partial charge is 0.340 e. The first-order valence-electron chi connectivity index (χ1n) is 7.70. The second-order valence-electron chi connectivity index (χ2n) is 5.92. The Morgan fingerprint density at radius 2 is 1.52 bits per heavy atom. The highest BCUT2D eigenvalue weighted by Gasteiger charge is 2.27. The lowest BCUT2D eigenvalue weighted by atomic mass is 9.91. The van der Waals surface area contributed by atoms with E-state index in [2.05, 4.69) is 22.6 Å². The maximum absolute atomic E-state index is 12.9. The van der Waals surface area contributed by atoms with Gasteiger partial charge in [-0.3, -0.25) is 0 Å². The van der Waals surface area contributed by atoms with Crippen molar-refractivity contribution in [2.24, 2.45) is 0 Å². The van der Waals surface area contributed by atoms with E-state index in [0.717, 1.165) is 26.0 Å². The third-order valence-corrected chi connectivity index (χ3v) is 10.4. The van der Waals surface area contributed by atoms with E-state index in [1.807, 2.05) is 51.2 Å². The number of benzene rings is 2. The molecule has 0 spiro atoms. The van der Waals surface area contributed by atoms with Crippen molar-refractivity contribution < 1.29 is 25.6 Å². The second-order valence-corrected chi connectivity index (χ2v) is 12.3. The van der Waals surface area contributed by atoms with Crippen molar-refractivity contribution in [1.29, 1.82) is 0 Å². The summed E-state index contributed by atoms with van der Waals surface area (Å²) in [5.74, 6) is 0.0850. The lowest BCUT2D eigenvalue weighted by Gasteiger charge is -2.23. The van der Waals surface area contributed by atoms with Crippen LogP contribution in [0.1, 0.15) is 24.0 Å². The van der Waals surface area contributed by atoms with E-state index in [4.69, 9.17) is 4.18 Å². The third kappa shape index (κ3) is 4.73. The molecular weight excluding hydrogens is 733 g/mol. The largest absolute Gasteiger partial charge is 0.744 e. The topological polar surface area (TPSA) is 101 Å². The molecule has 1 aliphatic rings. The molecular formula is C16H12I3O6S2-. The summed E-state index contributed by atoms with van der Waals surface area (Å²) in [6, 6.07) is 5.79. The second kappa shape index (κ2) is 8.20. The lowest BCUT2D eigenvalue weighted by Crippen LogP contribution is -2.17. The molecule has 146 valence electrons. The fourth-order valence-electron chi connectivity index (χ4n) is 2.99. The maximum atomic E-state index is 12.9. The fraction of sp³-hybridized carbons (Fsp3) is 0.250. The van der Waals surface area contributed by atoms with E-state index in [1.54, 1.807) is 0 Å². The Labute approximate surface area is 198 Å². The van der Waals surface area contributed by atoms with Gasteiger partial charge in [0.1, 0.15) is 20.8 Å². The molecule has 1 aliphatic carbocycles. The van der Waals surface area contributed by atoms with E-state index in [-0.39, 0.29) is 15.5 Å². The molecule has 0 heterocycles. The molecule has 0 bridgehead atoms. The first kappa shape index (κ1) is 22.0. The number of halogens is 3.